The number of rotatable bonds is 4. The Labute approximate surface area is 128 Å². The van der Waals surface area contributed by atoms with E-state index in [1.807, 2.05) is 38.3 Å². The van der Waals surface area contributed by atoms with Gasteiger partial charge in [0.05, 0.1) is 12.3 Å². The number of hydrogen-bond acceptors (Lipinski definition) is 5. The van der Waals surface area contributed by atoms with Gasteiger partial charge < -0.3 is 10.5 Å². The zero-order chi connectivity index (χ0) is 15.6. The monoisotopic (exact) mass is 305 g/mol. The minimum atomic E-state index is -0.434. The van der Waals surface area contributed by atoms with Crippen molar-refractivity contribution in [2.75, 3.05) is 18.6 Å². The summed E-state index contributed by atoms with van der Waals surface area (Å²) in [5.74, 6) is -0.123. The Morgan fingerprint density at radius 3 is 2.76 bits per heavy atom. The molecular formula is C15H19N3O2S. The molecule has 1 aromatic heterocycles. The van der Waals surface area contributed by atoms with Gasteiger partial charge >= 0.3 is 5.97 Å². The molecule has 0 aliphatic rings. The highest BCUT2D eigenvalue weighted by Crippen LogP contribution is 2.29. The van der Waals surface area contributed by atoms with E-state index in [1.54, 1.807) is 11.6 Å². The van der Waals surface area contributed by atoms with Crippen molar-refractivity contribution in [2.24, 2.45) is 0 Å². The van der Waals surface area contributed by atoms with Crippen LogP contribution in [0.1, 0.15) is 28.4 Å². The first-order valence-corrected chi connectivity index (χ1v) is 7.89. The van der Waals surface area contributed by atoms with Crippen LogP contribution in [-0.4, -0.2) is 28.6 Å². The SMILES string of the molecule is CCOC(=O)c1c(SC)nn(-c2cc(C)ccc2C)c1N. The van der Waals surface area contributed by atoms with Gasteiger partial charge in [0.2, 0.25) is 0 Å². The van der Waals surface area contributed by atoms with Crippen molar-refractivity contribution in [3.63, 3.8) is 0 Å². The van der Waals surface area contributed by atoms with Crippen LogP contribution in [0, 0.1) is 13.8 Å². The molecule has 2 N–H and O–H groups in total. The summed E-state index contributed by atoms with van der Waals surface area (Å²) < 4.78 is 6.68. The molecule has 112 valence electrons. The van der Waals surface area contributed by atoms with E-state index in [9.17, 15) is 4.79 Å². The fourth-order valence-electron chi connectivity index (χ4n) is 2.08. The number of nitrogen functional groups attached to an aromatic ring is 1. The first-order chi connectivity index (χ1) is 9.99. The van der Waals surface area contributed by atoms with Gasteiger partial charge in [-0.2, -0.15) is 5.10 Å². The van der Waals surface area contributed by atoms with E-state index in [-0.39, 0.29) is 0 Å². The molecule has 1 aromatic carbocycles. The van der Waals surface area contributed by atoms with E-state index >= 15 is 0 Å². The molecule has 2 rings (SSSR count). The number of aryl methyl sites for hydroxylation is 2. The Hall–Kier alpha value is -1.95. The molecule has 0 atom stereocenters. The van der Waals surface area contributed by atoms with Crippen LogP contribution in [0.4, 0.5) is 5.82 Å². The summed E-state index contributed by atoms with van der Waals surface area (Å²) in [7, 11) is 0. The Bertz CT molecular complexity index is 680. The Morgan fingerprint density at radius 2 is 2.14 bits per heavy atom. The predicted molar refractivity (Wildman–Crippen MR) is 85.2 cm³/mol. The highest BCUT2D eigenvalue weighted by atomic mass is 32.2. The molecule has 0 spiro atoms. The molecule has 1 heterocycles. The number of carbonyl (C=O) groups is 1. The van der Waals surface area contributed by atoms with Gasteiger partial charge in [0.25, 0.3) is 0 Å². The lowest BCUT2D eigenvalue weighted by Gasteiger charge is -2.09. The molecule has 0 amide bonds. The number of esters is 1. The molecule has 5 nitrogen and oxygen atoms in total. The van der Waals surface area contributed by atoms with E-state index in [4.69, 9.17) is 10.5 Å². The maximum atomic E-state index is 12.1. The van der Waals surface area contributed by atoms with Gasteiger partial charge in [-0.05, 0) is 44.2 Å². The average Bonchev–Trinajstić information content (AvgIpc) is 2.78. The lowest BCUT2D eigenvalue weighted by Crippen LogP contribution is -2.10. The number of thioether (sulfide) groups is 1. The van der Waals surface area contributed by atoms with E-state index < -0.39 is 5.97 Å². The summed E-state index contributed by atoms with van der Waals surface area (Å²) >= 11 is 1.38. The number of nitrogens with zero attached hydrogens (tertiary/aromatic N) is 2. The number of aromatic nitrogens is 2. The summed E-state index contributed by atoms with van der Waals surface area (Å²) in [6.45, 7) is 6.06. The molecule has 0 bridgehead atoms. The maximum Gasteiger partial charge on any atom is 0.344 e. The molecule has 0 saturated carbocycles. The topological polar surface area (TPSA) is 70.1 Å². The number of benzene rings is 1. The molecule has 0 aliphatic carbocycles. The number of hydrogen-bond donors (Lipinski definition) is 1. The molecule has 0 radical (unpaired) electrons. The van der Waals surface area contributed by atoms with E-state index in [1.165, 1.54) is 11.8 Å². The van der Waals surface area contributed by atoms with Crippen molar-refractivity contribution in [1.82, 2.24) is 9.78 Å². The highest BCUT2D eigenvalue weighted by molar-refractivity contribution is 7.98. The first-order valence-electron chi connectivity index (χ1n) is 6.66. The summed E-state index contributed by atoms with van der Waals surface area (Å²) in [4.78, 5) is 12.1. The fraction of sp³-hybridized carbons (Fsp3) is 0.333. The molecule has 0 fully saturated rings. The summed E-state index contributed by atoms with van der Waals surface area (Å²) in [6.07, 6.45) is 1.86. The minimum Gasteiger partial charge on any atom is -0.462 e. The largest absolute Gasteiger partial charge is 0.462 e. The second-order valence-corrected chi connectivity index (χ2v) is 5.49. The Kier molecular flexibility index (Phi) is 4.57. The average molecular weight is 305 g/mol. The number of ether oxygens (including phenoxy) is 1. The highest BCUT2D eigenvalue weighted by Gasteiger charge is 2.24. The van der Waals surface area contributed by atoms with E-state index in [2.05, 4.69) is 5.10 Å². The third-order valence-corrected chi connectivity index (χ3v) is 3.83. The van der Waals surface area contributed by atoms with E-state index in [0.717, 1.165) is 16.8 Å². The van der Waals surface area contributed by atoms with Crippen molar-refractivity contribution in [3.8, 4) is 5.69 Å². The molecule has 0 saturated heterocycles. The second kappa shape index (κ2) is 6.22. The van der Waals surface area contributed by atoms with Crippen LogP contribution in [0.25, 0.3) is 5.69 Å². The molecular weight excluding hydrogens is 286 g/mol. The molecule has 0 aliphatic heterocycles. The number of anilines is 1. The van der Waals surface area contributed by atoms with Crippen molar-refractivity contribution in [3.05, 3.63) is 34.9 Å². The Balaban J connectivity index is 2.61. The first kappa shape index (κ1) is 15.4. The maximum absolute atomic E-state index is 12.1. The third-order valence-electron chi connectivity index (χ3n) is 3.15. The molecule has 6 heteroatoms. The van der Waals surface area contributed by atoms with Gasteiger partial charge in [0.1, 0.15) is 16.4 Å². The smallest absolute Gasteiger partial charge is 0.344 e. The molecule has 2 aromatic rings. The predicted octanol–water partition coefficient (Wildman–Crippen LogP) is 2.97. The molecule has 0 unspecified atom stereocenters. The van der Waals surface area contributed by atoms with Crippen molar-refractivity contribution >= 4 is 23.5 Å². The fourth-order valence-corrected chi connectivity index (χ4v) is 2.63. The van der Waals surface area contributed by atoms with Gasteiger partial charge in [0.15, 0.2) is 0 Å². The number of nitrogens with two attached hydrogens (primary N) is 1. The van der Waals surface area contributed by atoms with E-state index in [0.29, 0.717) is 23.0 Å². The van der Waals surface area contributed by atoms with Crippen LogP contribution in [0.3, 0.4) is 0 Å². The second-order valence-electron chi connectivity index (χ2n) is 4.69. The normalized spacial score (nSPS) is 10.7. The van der Waals surface area contributed by atoms with Crippen LogP contribution >= 0.6 is 11.8 Å². The Morgan fingerprint density at radius 1 is 1.43 bits per heavy atom. The zero-order valence-electron chi connectivity index (χ0n) is 12.6. The van der Waals surface area contributed by atoms with Crippen molar-refractivity contribution in [2.45, 2.75) is 25.8 Å². The van der Waals surface area contributed by atoms with Crippen LogP contribution in [0.2, 0.25) is 0 Å². The van der Waals surface area contributed by atoms with Crippen LogP contribution in [0.5, 0.6) is 0 Å². The van der Waals surface area contributed by atoms with Crippen LogP contribution in [0.15, 0.2) is 23.2 Å². The number of carbonyl (C=O) groups excluding carboxylic acids is 1. The lowest BCUT2D eigenvalue weighted by atomic mass is 10.1. The quantitative estimate of drug-likeness (QED) is 0.694. The van der Waals surface area contributed by atoms with Gasteiger partial charge in [-0.15, -0.1) is 11.8 Å². The van der Waals surface area contributed by atoms with Crippen LogP contribution < -0.4 is 5.73 Å². The third kappa shape index (κ3) is 2.90. The van der Waals surface area contributed by atoms with Crippen molar-refractivity contribution in [1.29, 1.82) is 0 Å². The van der Waals surface area contributed by atoms with Crippen LogP contribution in [-0.2, 0) is 4.74 Å². The van der Waals surface area contributed by atoms with Gasteiger partial charge in [0, 0.05) is 0 Å². The van der Waals surface area contributed by atoms with Gasteiger partial charge in [-0.25, -0.2) is 9.48 Å². The summed E-state index contributed by atoms with van der Waals surface area (Å²) in [5.41, 5.74) is 9.50. The summed E-state index contributed by atoms with van der Waals surface area (Å²) in [6, 6.07) is 6.03. The lowest BCUT2D eigenvalue weighted by molar-refractivity contribution is 0.0523. The summed E-state index contributed by atoms with van der Waals surface area (Å²) in [5, 5.41) is 5.03. The standard InChI is InChI=1S/C15H19N3O2S/c1-5-20-15(19)12-13(16)18(17-14(12)21-4)11-8-9(2)6-7-10(11)3/h6-8H,5,16H2,1-4H3. The zero-order valence-corrected chi connectivity index (χ0v) is 13.5. The molecule has 21 heavy (non-hydrogen) atoms. The van der Waals surface area contributed by atoms with Gasteiger partial charge in [-0.3, -0.25) is 0 Å². The minimum absolute atomic E-state index is 0.306. The van der Waals surface area contributed by atoms with Crippen molar-refractivity contribution < 1.29 is 9.53 Å². The van der Waals surface area contributed by atoms with Gasteiger partial charge in [-0.1, -0.05) is 12.1 Å².